The number of rotatable bonds is 6. The number of hydrogen-bond donors (Lipinski definition) is 2. The van der Waals surface area contributed by atoms with Crippen LogP contribution in [0.2, 0.25) is 5.02 Å². The Morgan fingerprint density at radius 3 is 2.60 bits per heavy atom. The molecule has 0 aliphatic heterocycles. The fourth-order valence-corrected chi connectivity index (χ4v) is 1.77. The number of nitrogens with one attached hydrogen (secondary N) is 2. The predicted molar refractivity (Wildman–Crippen MR) is 79.1 cm³/mol. The van der Waals surface area contributed by atoms with Crippen LogP contribution in [0.25, 0.3) is 0 Å². The normalized spacial score (nSPS) is 10.2. The van der Waals surface area contributed by atoms with Crippen LogP contribution in [0.15, 0.2) is 18.2 Å². The average Bonchev–Trinajstić information content (AvgIpc) is 2.36. The van der Waals surface area contributed by atoms with Crippen molar-refractivity contribution in [2.45, 2.75) is 20.3 Å². The van der Waals surface area contributed by atoms with E-state index < -0.39 is 0 Å². The molecule has 0 radical (unpaired) electrons. The molecule has 0 heterocycles. The Balaban J connectivity index is 2.54. The first kappa shape index (κ1) is 16.3. The van der Waals surface area contributed by atoms with Gasteiger partial charge in [0.1, 0.15) is 5.75 Å². The Hall–Kier alpha value is -1.75. The zero-order chi connectivity index (χ0) is 15.1. The van der Waals surface area contributed by atoms with Gasteiger partial charge in [0, 0.05) is 11.4 Å². The molecule has 0 bridgehead atoms. The summed E-state index contributed by atoms with van der Waals surface area (Å²) in [6, 6.07) is 4.92. The summed E-state index contributed by atoms with van der Waals surface area (Å²) in [5.74, 6) is 0.290. The summed E-state index contributed by atoms with van der Waals surface area (Å²) in [5.41, 5.74) is 0.475. The number of amides is 2. The van der Waals surface area contributed by atoms with Crippen molar-refractivity contribution in [3.05, 3.63) is 23.2 Å². The summed E-state index contributed by atoms with van der Waals surface area (Å²) in [5, 5.41) is 5.70. The minimum absolute atomic E-state index is 0.0821. The first-order valence-electron chi connectivity index (χ1n) is 6.32. The molecule has 0 aromatic heterocycles. The van der Waals surface area contributed by atoms with Crippen LogP contribution in [0.3, 0.4) is 0 Å². The monoisotopic (exact) mass is 298 g/mol. The van der Waals surface area contributed by atoms with E-state index in [9.17, 15) is 9.59 Å². The predicted octanol–water partition coefficient (Wildman–Crippen LogP) is 2.45. The minimum atomic E-state index is -0.331. The second-order valence-electron chi connectivity index (χ2n) is 4.77. The van der Waals surface area contributed by atoms with Crippen LogP contribution in [0.5, 0.6) is 5.75 Å². The molecule has 0 atom stereocenters. The van der Waals surface area contributed by atoms with Crippen LogP contribution in [-0.2, 0) is 9.59 Å². The Morgan fingerprint density at radius 1 is 1.30 bits per heavy atom. The van der Waals surface area contributed by atoms with Crippen LogP contribution < -0.4 is 15.4 Å². The Bertz CT molecular complexity index is 489. The molecule has 1 aromatic carbocycles. The van der Waals surface area contributed by atoms with Gasteiger partial charge in [0.2, 0.25) is 11.8 Å². The maximum atomic E-state index is 11.8. The maximum Gasteiger partial charge on any atom is 0.243 e. The molecule has 110 valence electrons. The Morgan fingerprint density at radius 2 is 2.00 bits per heavy atom. The smallest absolute Gasteiger partial charge is 0.243 e. The van der Waals surface area contributed by atoms with Gasteiger partial charge in [-0.25, -0.2) is 0 Å². The topological polar surface area (TPSA) is 67.4 Å². The lowest BCUT2D eigenvalue weighted by molar-refractivity contribution is -0.124. The van der Waals surface area contributed by atoms with Crippen molar-refractivity contribution in [2.24, 2.45) is 5.92 Å². The maximum absolute atomic E-state index is 11.8. The minimum Gasteiger partial charge on any atom is -0.495 e. The van der Waals surface area contributed by atoms with Crippen LogP contribution in [0.1, 0.15) is 20.3 Å². The van der Waals surface area contributed by atoms with Gasteiger partial charge in [-0.15, -0.1) is 0 Å². The molecule has 0 aliphatic carbocycles. The standard InChI is InChI=1S/C14H19ClN2O3/c1-9(2)6-13(18)16-8-14(19)17-11-7-10(15)4-5-12(11)20-3/h4-5,7,9H,6,8H2,1-3H3,(H,16,18)(H,17,19). The molecule has 0 unspecified atom stereocenters. The van der Waals surface area contributed by atoms with Crippen molar-refractivity contribution >= 4 is 29.1 Å². The highest BCUT2D eigenvalue weighted by molar-refractivity contribution is 6.31. The fourth-order valence-electron chi connectivity index (χ4n) is 1.59. The van der Waals surface area contributed by atoms with Crippen molar-refractivity contribution < 1.29 is 14.3 Å². The van der Waals surface area contributed by atoms with E-state index in [1.807, 2.05) is 13.8 Å². The summed E-state index contributed by atoms with van der Waals surface area (Å²) in [6.45, 7) is 3.80. The molecule has 2 amide bonds. The molecule has 0 saturated heterocycles. The van der Waals surface area contributed by atoms with Gasteiger partial charge in [-0.3, -0.25) is 9.59 Å². The van der Waals surface area contributed by atoms with Gasteiger partial charge in [0.05, 0.1) is 19.3 Å². The first-order valence-corrected chi connectivity index (χ1v) is 6.70. The van der Waals surface area contributed by atoms with E-state index in [-0.39, 0.29) is 24.3 Å². The van der Waals surface area contributed by atoms with Crippen molar-refractivity contribution in [2.75, 3.05) is 19.0 Å². The number of benzene rings is 1. The molecule has 0 aliphatic rings. The quantitative estimate of drug-likeness (QED) is 0.847. The lowest BCUT2D eigenvalue weighted by atomic mass is 10.1. The van der Waals surface area contributed by atoms with Crippen molar-refractivity contribution in [3.63, 3.8) is 0 Å². The molecule has 6 heteroatoms. The summed E-state index contributed by atoms with van der Waals surface area (Å²) in [6.07, 6.45) is 0.397. The highest BCUT2D eigenvalue weighted by Crippen LogP contribution is 2.27. The van der Waals surface area contributed by atoms with Gasteiger partial charge in [0.25, 0.3) is 0 Å². The Kier molecular flexibility index (Phi) is 6.31. The van der Waals surface area contributed by atoms with Gasteiger partial charge in [-0.2, -0.15) is 0 Å². The molecular weight excluding hydrogens is 280 g/mol. The molecule has 0 fully saturated rings. The molecule has 1 rings (SSSR count). The van der Waals surface area contributed by atoms with Gasteiger partial charge in [0.15, 0.2) is 0 Å². The summed E-state index contributed by atoms with van der Waals surface area (Å²) in [7, 11) is 1.50. The summed E-state index contributed by atoms with van der Waals surface area (Å²) < 4.78 is 5.12. The lowest BCUT2D eigenvalue weighted by Gasteiger charge is -2.11. The van der Waals surface area contributed by atoms with E-state index in [0.717, 1.165) is 0 Å². The highest BCUT2D eigenvalue weighted by Gasteiger charge is 2.10. The zero-order valence-electron chi connectivity index (χ0n) is 11.8. The molecule has 5 nitrogen and oxygen atoms in total. The first-order chi connectivity index (χ1) is 9.42. The fraction of sp³-hybridized carbons (Fsp3) is 0.429. The number of carbonyl (C=O) groups is 2. The number of anilines is 1. The van der Waals surface area contributed by atoms with E-state index >= 15 is 0 Å². The molecule has 0 spiro atoms. The zero-order valence-corrected chi connectivity index (χ0v) is 12.6. The van der Waals surface area contributed by atoms with Gasteiger partial charge < -0.3 is 15.4 Å². The average molecular weight is 299 g/mol. The third-order valence-electron chi connectivity index (χ3n) is 2.48. The van der Waals surface area contributed by atoms with E-state index in [1.165, 1.54) is 7.11 Å². The molecule has 2 N–H and O–H groups in total. The molecule has 20 heavy (non-hydrogen) atoms. The largest absolute Gasteiger partial charge is 0.495 e. The van der Waals surface area contributed by atoms with Crippen molar-refractivity contribution in [3.8, 4) is 5.75 Å². The lowest BCUT2D eigenvalue weighted by Crippen LogP contribution is -2.33. The summed E-state index contributed by atoms with van der Waals surface area (Å²) in [4.78, 5) is 23.2. The van der Waals surface area contributed by atoms with E-state index in [4.69, 9.17) is 16.3 Å². The number of halogens is 1. The van der Waals surface area contributed by atoms with Crippen LogP contribution in [-0.4, -0.2) is 25.5 Å². The Labute approximate surface area is 123 Å². The molecule has 1 aromatic rings. The van der Waals surface area contributed by atoms with Crippen molar-refractivity contribution in [1.82, 2.24) is 5.32 Å². The third-order valence-corrected chi connectivity index (χ3v) is 2.71. The second kappa shape index (κ2) is 7.75. The van der Waals surface area contributed by atoms with Crippen LogP contribution in [0.4, 0.5) is 5.69 Å². The third kappa shape index (κ3) is 5.48. The molecular formula is C14H19ClN2O3. The number of ether oxygens (including phenoxy) is 1. The number of methoxy groups -OCH3 is 1. The van der Waals surface area contributed by atoms with E-state index in [2.05, 4.69) is 10.6 Å². The summed E-state index contributed by atoms with van der Waals surface area (Å²) >= 11 is 5.87. The van der Waals surface area contributed by atoms with E-state index in [1.54, 1.807) is 18.2 Å². The van der Waals surface area contributed by atoms with Gasteiger partial charge >= 0.3 is 0 Å². The van der Waals surface area contributed by atoms with Crippen LogP contribution in [0, 0.1) is 5.92 Å². The van der Waals surface area contributed by atoms with Gasteiger partial charge in [-0.1, -0.05) is 25.4 Å². The van der Waals surface area contributed by atoms with E-state index in [0.29, 0.717) is 22.9 Å². The van der Waals surface area contributed by atoms with Crippen molar-refractivity contribution in [1.29, 1.82) is 0 Å². The number of carbonyl (C=O) groups excluding carboxylic acids is 2. The van der Waals surface area contributed by atoms with Gasteiger partial charge in [-0.05, 0) is 24.1 Å². The second-order valence-corrected chi connectivity index (χ2v) is 5.20. The molecule has 0 saturated carbocycles. The highest BCUT2D eigenvalue weighted by atomic mass is 35.5. The number of hydrogen-bond acceptors (Lipinski definition) is 3. The van der Waals surface area contributed by atoms with Crippen LogP contribution >= 0.6 is 11.6 Å². The SMILES string of the molecule is COc1ccc(Cl)cc1NC(=O)CNC(=O)CC(C)C.